The van der Waals surface area contributed by atoms with Crippen LogP contribution in [-0.2, 0) is 0 Å². The van der Waals surface area contributed by atoms with Crippen LogP contribution in [0.5, 0.6) is 52.5 Å². The molecule has 0 spiro atoms. The second-order valence-electron chi connectivity index (χ2n) is 36.2. The van der Waals surface area contributed by atoms with Crippen molar-refractivity contribution in [2.45, 2.75) is 74.4 Å². The number of nitrogens with zero attached hydrogens (tertiary/aromatic N) is 12. The molecule has 18 nitrogen and oxygen atoms in total. The van der Waals surface area contributed by atoms with Crippen LogP contribution in [0.1, 0.15) is 62.3 Å². The van der Waals surface area contributed by atoms with Crippen molar-refractivity contribution in [2.24, 2.45) is 26.8 Å². The van der Waals surface area contributed by atoms with Crippen LogP contribution >= 0.6 is 0 Å². The smallest absolute Gasteiger partial charge is 0.331 e. The molecule has 0 aliphatic carbocycles. The fraction of sp³-hybridized carbons (Fsp3) is 0.109. The van der Waals surface area contributed by atoms with E-state index in [4.69, 9.17) is 48.4 Å². The van der Waals surface area contributed by atoms with Crippen molar-refractivity contribution >= 4 is 120 Å². The number of aliphatic imine (C=N–C) groups is 3. The summed E-state index contributed by atoms with van der Waals surface area (Å²) in [5.74, 6) is 5.91. The van der Waals surface area contributed by atoms with Crippen molar-refractivity contribution in [3.8, 4) is 85.9 Å². The minimum absolute atomic E-state index is 0.0609. The first kappa shape index (κ1) is 96.5. The Bertz CT molecular complexity index is 7470. The molecule has 19 rings (SSSR count). The molecule has 0 amide bonds. The Hall–Kier alpha value is -18.4. The topological polar surface area (TPSA) is 151 Å². The van der Waals surface area contributed by atoms with Crippen molar-refractivity contribution < 1.29 is 28.4 Å². The second kappa shape index (κ2) is 45.4. The van der Waals surface area contributed by atoms with Gasteiger partial charge in [-0.1, -0.05) is 210 Å². The first-order valence-electron chi connectivity index (χ1n) is 49.2. The molecular formula is C128H112N12O6. The van der Waals surface area contributed by atoms with Gasteiger partial charge in [0.15, 0.2) is 17.7 Å². The van der Waals surface area contributed by atoms with Crippen LogP contribution in [0.3, 0.4) is 0 Å². The Morgan fingerprint density at radius 1 is 0.192 bits per heavy atom. The molecule has 0 atom stereocenters. The van der Waals surface area contributed by atoms with Gasteiger partial charge in [-0.15, -0.1) is 15.0 Å². The minimum atomic E-state index is -0.0609. The Balaban J connectivity index is 0.591. The quantitative estimate of drug-likeness (QED) is 0.0278. The van der Waals surface area contributed by atoms with Gasteiger partial charge in [0.05, 0.1) is 0 Å². The van der Waals surface area contributed by atoms with Crippen LogP contribution in [0.15, 0.2) is 488 Å². The van der Waals surface area contributed by atoms with Gasteiger partial charge < -0.3 is 57.8 Å². The number of para-hydroxylation sites is 6. The lowest BCUT2D eigenvalue weighted by Crippen LogP contribution is -2.18. The van der Waals surface area contributed by atoms with Crippen LogP contribution in [0, 0.1) is 11.8 Å². The van der Waals surface area contributed by atoms with Gasteiger partial charge in [0, 0.05) is 140 Å². The molecule has 1 heterocycles. The third kappa shape index (κ3) is 23.6. The highest BCUT2D eigenvalue weighted by Crippen LogP contribution is 2.46. The third-order valence-electron chi connectivity index (χ3n) is 24.4. The highest BCUT2D eigenvalue weighted by molar-refractivity contribution is 5.88. The zero-order valence-electron chi connectivity index (χ0n) is 83.2. The molecule has 0 saturated carbocycles. The summed E-state index contributed by atoms with van der Waals surface area (Å²) >= 11 is 0. The van der Waals surface area contributed by atoms with E-state index < -0.39 is 0 Å². The summed E-state index contributed by atoms with van der Waals surface area (Å²) in [5.41, 5.74) is 23.9. The standard InChI is InChI=1S/C128H112N12O6/c1-89(2)124(129-10)142-119-79-67-113(68-80-119)136(101-31-19-12-20-32-101)107-55-43-95(44-56-107)98-49-61-110(62-50-98)139(104-37-25-15-26-38-104)116-73-85-122(86-74-116)145-127-132-126(144-121-83-71-115(72-84-121)138(103-35-23-14-24-36-103)109-59-47-97(48-60-109)94-41-53-106(54-42-94)135(100-29-17-11-18-30-100)112-65-77-118(78-66-112)141-93(9)130-91(5)6)133-128(134-127)146-123-87-75-117(76-88-123)140(105-39-27-16-28-40-105)111-63-51-99(52-64-111)96-45-57-108(58-46-96)137(102-33-21-13-22-34-102)114-69-81-120(82-70-114)143-125(90(3)4)131-92(7)8/h11-92H,1-10H3. The van der Waals surface area contributed by atoms with E-state index in [0.29, 0.717) is 29.0 Å². The lowest BCUT2D eigenvalue weighted by molar-refractivity contribution is 0.362. The maximum atomic E-state index is 6.68. The van der Waals surface area contributed by atoms with Gasteiger partial charge in [0.2, 0.25) is 0 Å². The van der Waals surface area contributed by atoms with Gasteiger partial charge in [-0.2, -0.15) is 0 Å². The molecule has 0 saturated heterocycles. The molecule has 1 aromatic heterocycles. The average molecular weight is 1910 g/mol. The average Bonchev–Trinajstić information content (AvgIpc) is 0.795. The molecule has 18 heteroatoms. The van der Waals surface area contributed by atoms with Crippen LogP contribution in [0.4, 0.5) is 102 Å². The van der Waals surface area contributed by atoms with Gasteiger partial charge in [0.1, 0.15) is 34.5 Å². The van der Waals surface area contributed by atoms with Crippen LogP contribution in [0.2, 0.25) is 0 Å². The molecule has 19 aromatic rings. The Kier molecular flexibility index (Phi) is 30.0. The summed E-state index contributed by atoms with van der Waals surface area (Å²) in [4.78, 5) is 41.6. The summed E-state index contributed by atoms with van der Waals surface area (Å²) in [6.07, 6.45) is 0. The highest BCUT2D eigenvalue weighted by Gasteiger charge is 2.25. The van der Waals surface area contributed by atoms with Crippen LogP contribution in [0.25, 0.3) is 33.4 Å². The van der Waals surface area contributed by atoms with E-state index >= 15 is 0 Å². The number of aromatic nitrogens is 3. The molecule has 0 N–H and O–H groups in total. The summed E-state index contributed by atoms with van der Waals surface area (Å²) in [6, 6.07) is 162. The lowest BCUT2D eigenvalue weighted by atomic mass is 10.0. The summed E-state index contributed by atoms with van der Waals surface area (Å²) in [7, 11) is 1.76. The molecule has 146 heavy (non-hydrogen) atoms. The number of benzene rings is 18. The van der Waals surface area contributed by atoms with Crippen molar-refractivity contribution in [3.63, 3.8) is 0 Å². The van der Waals surface area contributed by atoms with Crippen molar-refractivity contribution in [2.75, 3.05) is 36.4 Å². The van der Waals surface area contributed by atoms with Gasteiger partial charge in [0.25, 0.3) is 0 Å². The van der Waals surface area contributed by atoms with E-state index in [2.05, 4.69) is 372 Å². The molecule has 18 aromatic carbocycles. The van der Waals surface area contributed by atoms with Crippen molar-refractivity contribution in [1.82, 2.24) is 15.0 Å². The molecule has 0 fully saturated rings. The number of hydrogen-bond donors (Lipinski definition) is 0. The maximum absolute atomic E-state index is 6.68. The minimum Gasteiger partial charge on any atom is -0.444 e. The monoisotopic (exact) mass is 1910 g/mol. The van der Waals surface area contributed by atoms with Crippen LogP contribution in [-0.4, -0.2) is 51.8 Å². The first-order valence-corrected chi connectivity index (χ1v) is 49.2. The Morgan fingerprint density at radius 3 is 0.534 bits per heavy atom. The van der Waals surface area contributed by atoms with E-state index in [1.807, 2.05) is 203 Å². The summed E-state index contributed by atoms with van der Waals surface area (Å²) in [5, 5.41) is 0. The number of ether oxygens (including phenoxy) is 6. The number of hydrogen-bond acceptors (Lipinski definition) is 18. The van der Waals surface area contributed by atoms with E-state index in [1.165, 1.54) is 0 Å². The Morgan fingerprint density at radius 2 is 0.356 bits per heavy atom. The predicted molar refractivity (Wildman–Crippen MR) is 600 cm³/mol. The summed E-state index contributed by atoms with van der Waals surface area (Å²) < 4.78 is 38.6. The first-order chi connectivity index (χ1) is 71.5. The normalized spacial score (nSPS) is 11.6. The fourth-order valence-corrected chi connectivity index (χ4v) is 17.5. The van der Waals surface area contributed by atoms with Gasteiger partial charge in [-0.3, -0.25) is 15.0 Å². The predicted octanol–water partition coefficient (Wildman–Crippen LogP) is 35.2. The van der Waals surface area contributed by atoms with Crippen LogP contribution < -0.4 is 57.8 Å². The molecule has 720 valence electrons. The molecule has 0 unspecified atom stereocenters. The number of rotatable bonds is 34. The molecule has 0 aliphatic rings. The number of anilines is 18. The Labute approximate surface area is 854 Å². The maximum Gasteiger partial charge on any atom is 0.331 e. The molecule has 0 bridgehead atoms. The largest absolute Gasteiger partial charge is 0.444 e. The SMILES string of the molecule is CN=C(Oc1ccc(N(c2ccccc2)c2ccc(-c3ccc(N(c4ccccc4)c4ccc(Oc5nc(Oc6ccc(N(c7ccccc7)c7ccc(-c8ccc(N(c9ccccc9)c9ccc(OC(C)=NC(C)C)cc9)cc8)cc7)cc6)nc(Oc6ccc(N(c7ccccc7)c7ccc(-c8ccc(N(c9ccccc9)c9ccc(OC(=NC(C)C)C(C)C)cc9)cc8)cc7)cc6)n5)cc4)cc3)cc2)cc1)C(C)C. The van der Waals surface area contributed by atoms with Crippen molar-refractivity contribution in [3.05, 3.63) is 473 Å². The summed E-state index contributed by atoms with van der Waals surface area (Å²) in [6.45, 7) is 18.4. The molecule has 0 aliphatic heterocycles. The lowest BCUT2D eigenvalue weighted by Gasteiger charge is -2.26. The van der Waals surface area contributed by atoms with Crippen molar-refractivity contribution in [1.29, 1.82) is 0 Å². The van der Waals surface area contributed by atoms with E-state index in [-0.39, 0.29) is 42.0 Å². The fourth-order valence-electron chi connectivity index (χ4n) is 17.5. The molecule has 0 radical (unpaired) electrons. The van der Waals surface area contributed by atoms with E-state index in [0.717, 1.165) is 159 Å². The van der Waals surface area contributed by atoms with E-state index in [9.17, 15) is 0 Å². The second-order valence-corrected chi connectivity index (χ2v) is 36.2. The zero-order chi connectivity index (χ0) is 100. The van der Waals surface area contributed by atoms with Gasteiger partial charge in [-0.05, 0) is 352 Å². The van der Waals surface area contributed by atoms with Gasteiger partial charge in [-0.25, -0.2) is 0 Å². The zero-order valence-corrected chi connectivity index (χ0v) is 83.2. The third-order valence-corrected chi connectivity index (χ3v) is 24.4. The van der Waals surface area contributed by atoms with Gasteiger partial charge >= 0.3 is 18.0 Å². The molecular weight excluding hydrogens is 1800 g/mol. The highest BCUT2D eigenvalue weighted by atomic mass is 16.5. The van der Waals surface area contributed by atoms with E-state index in [1.54, 1.807) is 7.05 Å².